The number of hydrogen-bond acceptors (Lipinski definition) is 4. The van der Waals surface area contributed by atoms with Gasteiger partial charge < -0.3 is 9.47 Å². The first-order valence-electron chi connectivity index (χ1n) is 5.64. The number of carbonyl (C=O) groups is 1. The fourth-order valence-corrected chi connectivity index (χ4v) is 2.51. The SMILES string of the molecule is O=Cc1ccc(Br)cc1N1CCn2cnnc2C1. The van der Waals surface area contributed by atoms with Gasteiger partial charge >= 0.3 is 0 Å². The zero-order chi connectivity index (χ0) is 12.5. The first-order chi connectivity index (χ1) is 8.78. The predicted molar refractivity (Wildman–Crippen MR) is 70.6 cm³/mol. The van der Waals surface area contributed by atoms with Crippen molar-refractivity contribution in [1.82, 2.24) is 14.8 Å². The summed E-state index contributed by atoms with van der Waals surface area (Å²) in [6.07, 6.45) is 2.63. The molecule has 92 valence electrons. The summed E-state index contributed by atoms with van der Waals surface area (Å²) in [4.78, 5) is 13.3. The van der Waals surface area contributed by atoms with Crippen LogP contribution in [0.4, 0.5) is 5.69 Å². The third-order valence-corrected chi connectivity index (χ3v) is 3.59. The van der Waals surface area contributed by atoms with Gasteiger partial charge in [0.25, 0.3) is 0 Å². The third kappa shape index (κ3) is 1.92. The van der Waals surface area contributed by atoms with Crippen molar-refractivity contribution in [1.29, 1.82) is 0 Å². The first-order valence-corrected chi connectivity index (χ1v) is 6.43. The van der Waals surface area contributed by atoms with Crippen molar-refractivity contribution in [3.63, 3.8) is 0 Å². The summed E-state index contributed by atoms with van der Waals surface area (Å²) in [7, 11) is 0. The minimum atomic E-state index is 0.678. The molecule has 1 aliphatic rings. The van der Waals surface area contributed by atoms with Crippen LogP contribution in [0, 0.1) is 0 Å². The van der Waals surface area contributed by atoms with E-state index < -0.39 is 0 Å². The largest absolute Gasteiger partial charge is 0.362 e. The molecule has 0 amide bonds. The van der Waals surface area contributed by atoms with Gasteiger partial charge in [-0.25, -0.2) is 0 Å². The van der Waals surface area contributed by atoms with Crippen LogP contribution in [0.1, 0.15) is 16.2 Å². The molecule has 6 heteroatoms. The molecule has 2 aromatic rings. The van der Waals surface area contributed by atoms with Crippen molar-refractivity contribution in [2.24, 2.45) is 0 Å². The van der Waals surface area contributed by atoms with Crippen molar-refractivity contribution < 1.29 is 4.79 Å². The molecular weight excluding hydrogens is 296 g/mol. The lowest BCUT2D eigenvalue weighted by Gasteiger charge is -2.30. The van der Waals surface area contributed by atoms with Gasteiger partial charge in [0, 0.05) is 28.8 Å². The smallest absolute Gasteiger partial charge is 0.152 e. The predicted octanol–water partition coefficient (Wildman–Crippen LogP) is 1.87. The first kappa shape index (κ1) is 11.4. The topological polar surface area (TPSA) is 51.0 Å². The summed E-state index contributed by atoms with van der Waals surface area (Å²) in [5.41, 5.74) is 1.64. The highest BCUT2D eigenvalue weighted by Crippen LogP contribution is 2.26. The number of hydrogen-bond donors (Lipinski definition) is 0. The Morgan fingerprint density at radius 1 is 1.33 bits per heavy atom. The van der Waals surface area contributed by atoms with Gasteiger partial charge in [-0.05, 0) is 18.2 Å². The number of halogens is 1. The molecule has 1 aliphatic heterocycles. The maximum atomic E-state index is 11.1. The molecule has 0 aliphatic carbocycles. The molecule has 18 heavy (non-hydrogen) atoms. The molecule has 0 spiro atoms. The molecule has 0 atom stereocenters. The quantitative estimate of drug-likeness (QED) is 0.795. The lowest BCUT2D eigenvalue weighted by atomic mass is 10.1. The Bertz CT molecular complexity index is 596. The minimum absolute atomic E-state index is 0.678. The number of benzene rings is 1. The summed E-state index contributed by atoms with van der Waals surface area (Å²) < 4.78 is 3.00. The molecule has 0 bridgehead atoms. The standard InChI is InChI=1S/C12H11BrN4O/c13-10-2-1-9(7-18)11(5-10)16-3-4-17-8-14-15-12(17)6-16/h1-2,5,7-8H,3-4,6H2. The zero-order valence-corrected chi connectivity index (χ0v) is 11.2. The minimum Gasteiger partial charge on any atom is -0.362 e. The van der Waals surface area contributed by atoms with Crippen molar-refractivity contribution in [2.75, 3.05) is 11.4 Å². The number of aldehydes is 1. The number of rotatable bonds is 2. The Labute approximate surface area is 113 Å². The summed E-state index contributed by atoms with van der Waals surface area (Å²) in [6.45, 7) is 2.37. The molecule has 1 aromatic carbocycles. The molecule has 0 saturated heterocycles. The van der Waals surface area contributed by atoms with E-state index in [1.807, 2.05) is 22.8 Å². The highest BCUT2D eigenvalue weighted by molar-refractivity contribution is 9.10. The Morgan fingerprint density at radius 2 is 2.22 bits per heavy atom. The number of anilines is 1. The number of aromatic nitrogens is 3. The van der Waals surface area contributed by atoms with Crippen molar-refractivity contribution >= 4 is 27.9 Å². The Morgan fingerprint density at radius 3 is 3.06 bits per heavy atom. The molecular formula is C12H11BrN4O. The van der Waals surface area contributed by atoms with Crippen LogP contribution in [0.5, 0.6) is 0 Å². The van der Waals surface area contributed by atoms with Gasteiger partial charge in [-0.15, -0.1) is 10.2 Å². The Balaban J connectivity index is 1.97. The highest BCUT2D eigenvalue weighted by atomic mass is 79.9. The van der Waals surface area contributed by atoms with E-state index in [0.29, 0.717) is 12.1 Å². The van der Waals surface area contributed by atoms with Crippen molar-refractivity contribution in [2.45, 2.75) is 13.1 Å². The van der Waals surface area contributed by atoms with Crippen LogP contribution in [0.3, 0.4) is 0 Å². The molecule has 0 fully saturated rings. The molecule has 5 nitrogen and oxygen atoms in total. The molecule has 0 saturated carbocycles. The van der Waals surface area contributed by atoms with Crippen LogP contribution < -0.4 is 4.90 Å². The average Bonchev–Trinajstić information content (AvgIpc) is 2.85. The van der Waals surface area contributed by atoms with Gasteiger partial charge in [0.15, 0.2) is 12.1 Å². The zero-order valence-electron chi connectivity index (χ0n) is 9.58. The molecule has 3 rings (SSSR count). The maximum absolute atomic E-state index is 11.1. The lowest BCUT2D eigenvalue weighted by Crippen LogP contribution is -2.34. The van der Waals surface area contributed by atoms with Crippen molar-refractivity contribution in [3.05, 3.63) is 40.4 Å². The van der Waals surface area contributed by atoms with Gasteiger partial charge in [0.05, 0.1) is 6.54 Å². The van der Waals surface area contributed by atoms with E-state index in [0.717, 1.165) is 35.4 Å². The number of nitrogens with zero attached hydrogens (tertiary/aromatic N) is 4. The van der Waals surface area contributed by atoms with Gasteiger partial charge in [0.2, 0.25) is 0 Å². The highest BCUT2D eigenvalue weighted by Gasteiger charge is 2.19. The normalized spacial score (nSPS) is 14.4. The van der Waals surface area contributed by atoms with Gasteiger partial charge in [0.1, 0.15) is 6.33 Å². The summed E-state index contributed by atoms with van der Waals surface area (Å²) in [6, 6.07) is 5.67. The third-order valence-electron chi connectivity index (χ3n) is 3.10. The number of carbonyl (C=O) groups excluding carboxylic acids is 1. The fraction of sp³-hybridized carbons (Fsp3) is 0.250. The van der Waals surface area contributed by atoms with E-state index in [1.165, 1.54) is 0 Å². The van der Waals surface area contributed by atoms with Gasteiger partial charge in [-0.2, -0.15) is 0 Å². The fourth-order valence-electron chi connectivity index (χ4n) is 2.16. The van der Waals surface area contributed by atoms with Crippen LogP contribution in [0.25, 0.3) is 0 Å². The molecule has 2 heterocycles. The summed E-state index contributed by atoms with van der Waals surface area (Å²) >= 11 is 3.44. The second-order valence-corrected chi connectivity index (χ2v) is 5.10. The van der Waals surface area contributed by atoms with Crippen molar-refractivity contribution in [3.8, 4) is 0 Å². The summed E-state index contributed by atoms with van der Waals surface area (Å²) in [5.74, 6) is 0.929. The van der Waals surface area contributed by atoms with Crippen LogP contribution in [-0.4, -0.2) is 27.6 Å². The summed E-state index contributed by atoms with van der Waals surface area (Å²) in [5, 5.41) is 7.98. The Kier molecular flexibility index (Phi) is 2.87. The lowest BCUT2D eigenvalue weighted by molar-refractivity contribution is 0.112. The van der Waals surface area contributed by atoms with E-state index in [-0.39, 0.29) is 0 Å². The maximum Gasteiger partial charge on any atom is 0.152 e. The second kappa shape index (κ2) is 4.53. The monoisotopic (exact) mass is 306 g/mol. The van der Waals surface area contributed by atoms with Gasteiger partial charge in [-0.1, -0.05) is 15.9 Å². The molecule has 0 radical (unpaired) electrons. The van der Waals surface area contributed by atoms with Crippen LogP contribution in [0.15, 0.2) is 29.0 Å². The molecule has 1 aromatic heterocycles. The second-order valence-electron chi connectivity index (χ2n) is 4.18. The van der Waals surface area contributed by atoms with Crippen LogP contribution >= 0.6 is 15.9 Å². The van der Waals surface area contributed by atoms with E-state index >= 15 is 0 Å². The molecule has 0 N–H and O–H groups in total. The van der Waals surface area contributed by atoms with E-state index in [4.69, 9.17) is 0 Å². The van der Waals surface area contributed by atoms with Crippen LogP contribution in [-0.2, 0) is 13.1 Å². The Hall–Kier alpha value is -1.69. The molecule has 0 unspecified atom stereocenters. The van der Waals surface area contributed by atoms with Gasteiger partial charge in [-0.3, -0.25) is 4.79 Å². The van der Waals surface area contributed by atoms with E-state index in [1.54, 1.807) is 6.33 Å². The van der Waals surface area contributed by atoms with Crippen LogP contribution in [0.2, 0.25) is 0 Å². The van der Waals surface area contributed by atoms with E-state index in [9.17, 15) is 4.79 Å². The van der Waals surface area contributed by atoms with E-state index in [2.05, 4.69) is 31.0 Å². The number of fused-ring (bicyclic) bond motifs is 1. The average molecular weight is 307 g/mol.